The van der Waals surface area contributed by atoms with Gasteiger partial charge < -0.3 is 14.5 Å². The van der Waals surface area contributed by atoms with Crippen LogP contribution in [-0.4, -0.2) is 34.4 Å². The van der Waals surface area contributed by atoms with Gasteiger partial charge in [-0.2, -0.15) is 0 Å². The number of ether oxygens (including phenoxy) is 1. The van der Waals surface area contributed by atoms with E-state index in [1.165, 1.54) is 13.5 Å². The number of methoxy groups -OCH3 is 1. The molecule has 1 atom stereocenters. The third-order valence-corrected chi connectivity index (χ3v) is 2.80. The Labute approximate surface area is 106 Å². The number of hydrogen-bond acceptors (Lipinski definition) is 5. The van der Waals surface area contributed by atoms with Gasteiger partial charge in [-0.05, 0) is 6.92 Å². The molecular formula is C9H11IN2O4. The summed E-state index contributed by atoms with van der Waals surface area (Å²) in [5.74, 6) is -0.607. The number of rotatable bonds is 4. The Balaban J connectivity index is 2.48. The van der Waals surface area contributed by atoms with E-state index in [1.54, 1.807) is 6.92 Å². The van der Waals surface area contributed by atoms with Crippen molar-refractivity contribution in [2.75, 3.05) is 13.7 Å². The highest BCUT2D eigenvalue weighted by atomic mass is 127. The van der Waals surface area contributed by atoms with Gasteiger partial charge in [0.05, 0.1) is 12.8 Å². The van der Waals surface area contributed by atoms with Crippen LogP contribution in [0.3, 0.4) is 0 Å². The molecule has 6 nitrogen and oxygen atoms in total. The maximum absolute atomic E-state index is 11.5. The van der Waals surface area contributed by atoms with Crippen LogP contribution >= 0.6 is 22.6 Å². The minimum atomic E-state index is -0.422. The van der Waals surface area contributed by atoms with Gasteiger partial charge in [-0.3, -0.25) is 9.59 Å². The van der Waals surface area contributed by atoms with Crippen LogP contribution in [0.5, 0.6) is 0 Å². The quantitative estimate of drug-likeness (QED) is 0.496. The molecule has 1 N–H and O–H groups in total. The number of amides is 1. The third kappa shape index (κ3) is 3.19. The summed E-state index contributed by atoms with van der Waals surface area (Å²) in [7, 11) is 1.30. The summed E-state index contributed by atoms with van der Waals surface area (Å²) in [6.45, 7) is 1.85. The second kappa shape index (κ2) is 5.83. The van der Waals surface area contributed by atoms with Crippen molar-refractivity contribution >= 4 is 34.5 Å². The lowest BCUT2D eigenvalue weighted by Crippen LogP contribution is -2.33. The molecule has 0 fully saturated rings. The SMILES string of the molecule is COC(=O)C(I)CNC(=O)c1ocnc1C. The van der Waals surface area contributed by atoms with Crippen LogP contribution in [-0.2, 0) is 9.53 Å². The lowest BCUT2D eigenvalue weighted by Gasteiger charge is -2.08. The number of hydrogen-bond donors (Lipinski definition) is 1. The van der Waals surface area contributed by atoms with Gasteiger partial charge in [-0.1, -0.05) is 22.6 Å². The van der Waals surface area contributed by atoms with E-state index in [0.717, 1.165) is 0 Å². The Bertz CT molecular complexity index is 391. The summed E-state index contributed by atoms with van der Waals surface area (Å²) in [5, 5.41) is 2.56. The molecule has 7 heteroatoms. The molecule has 0 radical (unpaired) electrons. The highest BCUT2D eigenvalue weighted by Crippen LogP contribution is 2.06. The molecule has 0 aliphatic heterocycles. The zero-order valence-electron chi connectivity index (χ0n) is 8.82. The Hall–Kier alpha value is -1.12. The van der Waals surface area contributed by atoms with E-state index in [0.29, 0.717) is 5.69 Å². The molecule has 1 amide bonds. The van der Waals surface area contributed by atoms with Crippen LogP contribution in [0, 0.1) is 6.92 Å². The van der Waals surface area contributed by atoms with Crippen LogP contribution in [0.4, 0.5) is 0 Å². The number of carbonyl (C=O) groups excluding carboxylic acids is 2. The maximum atomic E-state index is 11.5. The third-order valence-electron chi connectivity index (χ3n) is 1.85. The number of carbonyl (C=O) groups is 2. The number of aryl methyl sites for hydroxylation is 1. The molecule has 88 valence electrons. The molecule has 1 aromatic heterocycles. The van der Waals surface area contributed by atoms with Crippen LogP contribution < -0.4 is 5.32 Å². The number of halogens is 1. The van der Waals surface area contributed by atoms with Crippen LogP contribution in [0.1, 0.15) is 16.2 Å². The van der Waals surface area contributed by atoms with Gasteiger partial charge >= 0.3 is 5.97 Å². The first-order chi connectivity index (χ1) is 7.56. The fourth-order valence-electron chi connectivity index (χ4n) is 0.994. The van der Waals surface area contributed by atoms with Gasteiger partial charge in [0.15, 0.2) is 6.39 Å². The first kappa shape index (κ1) is 12.9. The van der Waals surface area contributed by atoms with E-state index < -0.39 is 3.92 Å². The number of oxazole rings is 1. The molecule has 1 heterocycles. The molecular weight excluding hydrogens is 327 g/mol. The molecule has 0 aliphatic carbocycles. The van der Waals surface area contributed by atoms with Crippen molar-refractivity contribution in [1.29, 1.82) is 0 Å². The van der Waals surface area contributed by atoms with Crippen LogP contribution in [0.15, 0.2) is 10.8 Å². The monoisotopic (exact) mass is 338 g/mol. The molecule has 0 aliphatic rings. The van der Waals surface area contributed by atoms with Gasteiger partial charge in [0.2, 0.25) is 5.76 Å². The summed E-state index contributed by atoms with van der Waals surface area (Å²) in [6.07, 6.45) is 1.20. The van der Waals surface area contributed by atoms with Crippen LogP contribution in [0.25, 0.3) is 0 Å². The molecule has 0 aromatic carbocycles. The molecule has 1 aromatic rings. The smallest absolute Gasteiger partial charge is 0.320 e. The average molecular weight is 338 g/mol. The highest BCUT2D eigenvalue weighted by Gasteiger charge is 2.19. The van der Waals surface area contributed by atoms with Crippen LogP contribution in [0.2, 0.25) is 0 Å². The van der Waals surface area contributed by atoms with E-state index in [-0.39, 0.29) is 24.2 Å². The minimum absolute atomic E-state index is 0.161. The molecule has 1 rings (SSSR count). The average Bonchev–Trinajstić information content (AvgIpc) is 2.70. The zero-order chi connectivity index (χ0) is 12.1. The van der Waals surface area contributed by atoms with E-state index >= 15 is 0 Å². The van der Waals surface area contributed by atoms with Crippen molar-refractivity contribution in [3.8, 4) is 0 Å². The molecule has 1 unspecified atom stereocenters. The van der Waals surface area contributed by atoms with Crippen molar-refractivity contribution in [3.05, 3.63) is 17.8 Å². The minimum Gasteiger partial charge on any atom is -0.468 e. The van der Waals surface area contributed by atoms with E-state index in [1.807, 2.05) is 22.6 Å². The summed E-state index contributed by atoms with van der Waals surface area (Å²) in [4.78, 5) is 26.4. The van der Waals surface area contributed by atoms with Crippen molar-refractivity contribution in [3.63, 3.8) is 0 Å². The second-order valence-corrected chi connectivity index (χ2v) is 4.47. The number of nitrogens with one attached hydrogen (secondary N) is 1. The Kier molecular flexibility index (Phi) is 4.71. The lowest BCUT2D eigenvalue weighted by molar-refractivity contribution is -0.139. The Morgan fingerprint density at radius 2 is 2.38 bits per heavy atom. The van der Waals surface area contributed by atoms with Crippen molar-refractivity contribution < 1.29 is 18.7 Å². The number of esters is 1. The first-order valence-corrected chi connectivity index (χ1v) is 5.71. The van der Waals surface area contributed by atoms with Gasteiger partial charge in [0.1, 0.15) is 3.92 Å². The summed E-state index contributed by atoms with van der Waals surface area (Å²) in [6, 6.07) is 0. The van der Waals surface area contributed by atoms with E-state index in [9.17, 15) is 9.59 Å². The highest BCUT2D eigenvalue weighted by molar-refractivity contribution is 14.1. The fourth-order valence-corrected chi connectivity index (χ4v) is 1.47. The second-order valence-electron chi connectivity index (χ2n) is 2.97. The van der Waals surface area contributed by atoms with E-state index in [4.69, 9.17) is 4.42 Å². The predicted molar refractivity (Wildman–Crippen MR) is 63.4 cm³/mol. The fraction of sp³-hybridized carbons (Fsp3) is 0.444. The number of nitrogens with zero attached hydrogens (tertiary/aromatic N) is 1. The zero-order valence-corrected chi connectivity index (χ0v) is 11.0. The first-order valence-electron chi connectivity index (χ1n) is 4.46. The summed E-state index contributed by atoms with van der Waals surface area (Å²) in [5.41, 5.74) is 0.514. The number of alkyl halides is 1. The molecule has 0 saturated carbocycles. The van der Waals surface area contributed by atoms with Crippen molar-refractivity contribution in [2.45, 2.75) is 10.8 Å². The van der Waals surface area contributed by atoms with Gasteiger partial charge in [-0.15, -0.1) is 0 Å². The molecule has 0 saturated heterocycles. The topological polar surface area (TPSA) is 81.4 Å². The lowest BCUT2D eigenvalue weighted by atomic mass is 10.3. The normalized spacial score (nSPS) is 11.9. The molecule has 0 spiro atoms. The Morgan fingerprint density at radius 3 is 2.88 bits per heavy atom. The summed E-state index contributed by atoms with van der Waals surface area (Å²) < 4.78 is 9.01. The van der Waals surface area contributed by atoms with Gasteiger partial charge in [0, 0.05) is 6.54 Å². The molecule has 16 heavy (non-hydrogen) atoms. The van der Waals surface area contributed by atoms with Gasteiger partial charge in [-0.25, -0.2) is 4.98 Å². The van der Waals surface area contributed by atoms with Gasteiger partial charge in [0.25, 0.3) is 5.91 Å². The van der Waals surface area contributed by atoms with E-state index in [2.05, 4.69) is 15.0 Å². The predicted octanol–water partition coefficient (Wildman–Crippen LogP) is 0.689. The molecule has 0 bridgehead atoms. The number of aromatic nitrogens is 1. The standard InChI is InChI=1S/C9H11IN2O4/c1-5-7(16-4-12-5)8(13)11-3-6(10)9(14)15-2/h4,6H,3H2,1-2H3,(H,11,13). The Morgan fingerprint density at radius 1 is 1.69 bits per heavy atom. The largest absolute Gasteiger partial charge is 0.468 e. The van der Waals surface area contributed by atoms with Crippen molar-refractivity contribution in [1.82, 2.24) is 10.3 Å². The summed E-state index contributed by atoms with van der Waals surface area (Å²) >= 11 is 1.89. The maximum Gasteiger partial charge on any atom is 0.320 e. The van der Waals surface area contributed by atoms with Crippen molar-refractivity contribution in [2.24, 2.45) is 0 Å².